The molecule has 36 heavy (non-hydrogen) atoms. The van der Waals surface area contributed by atoms with Gasteiger partial charge in [0.25, 0.3) is 11.7 Å². The van der Waals surface area contributed by atoms with Gasteiger partial charge in [-0.15, -0.1) is 0 Å². The van der Waals surface area contributed by atoms with E-state index in [9.17, 15) is 14.7 Å². The van der Waals surface area contributed by atoms with E-state index >= 15 is 0 Å². The number of ketones is 1. The van der Waals surface area contributed by atoms with Gasteiger partial charge in [0, 0.05) is 18.7 Å². The molecule has 0 aromatic heterocycles. The lowest BCUT2D eigenvalue weighted by atomic mass is 9.94. The van der Waals surface area contributed by atoms with Crippen LogP contribution in [0.25, 0.3) is 5.76 Å². The molecular formula is C30H32N2O4. The lowest BCUT2D eigenvalue weighted by Crippen LogP contribution is -2.35. The van der Waals surface area contributed by atoms with Gasteiger partial charge in [0.2, 0.25) is 0 Å². The maximum atomic E-state index is 13.1. The molecule has 0 bridgehead atoms. The second-order valence-corrected chi connectivity index (χ2v) is 9.51. The SMILES string of the molecule is Cc1ccc([C@@H]2/C(=C(\O)c3ccc(OCc4cccc(C)c4)cc3)C(=O)C(=O)N2CCN(C)C)cc1. The van der Waals surface area contributed by atoms with Gasteiger partial charge in [-0.3, -0.25) is 9.59 Å². The van der Waals surface area contributed by atoms with Gasteiger partial charge in [-0.1, -0.05) is 59.7 Å². The minimum absolute atomic E-state index is 0.107. The summed E-state index contributed by atoms with van der Waals surface area (Å²) in [7, 11) is 3.83. The topological polar surface area (TPSA) is 70.1 Å². The van der Waals surface area contributed by atoms with E-state index < -0.39 is 17.7 Å². The molecule has 1 saturated heterocycles. The first-order chi connectivity index (χ1) is 17.2. The van der Waals surface area contributed by atoms with E-state index in [0.717, 1.165) is 16.7 Å². The van der Waals surface area contributed by atoms with Crippen LogP contribution in [0.4, 0.5) is 0 Å². The Balaban J connectivity index is 1.64. The van der Waals surface area contributed by atoms with Crippen LogP contribution in [-0.4, -0.2) is 53.8 Å². The zero-order valence-corrected chi connectivity index (χ0v) is 21.2. The normalized spacial score (nSPS) is 17.1. The summed E-state index contributed by atoms with van der Waals surface area (Å²) in [4.78, 5) is 29.7. The van der Waals surface area contributed by atoms with Crippen molar-refractivity contribution in [2.45, 2.75) is 26.5 Å². The maximum Gasteiger partial charge on any atom is 0.295 e. The Labute approximate surface area is 212 Å². The zero-order chi connectivity index (χ0) is 25.8. The van der Waals surface area contributed by atoms with E-state index in [2.05, 4.69) is 6.07 Å². The minimum atomic E-state index is -0.670. The molecule has 0 aliphatic carbocycles. The summed E-state index contributed by atoms with van der Waals surface area (Å²) in [5, 5.41) is 11.2. The number of hydrogen-bond acceptors (Lipinski definition) is 5. The number of aryl methyl sites for hydroxylation is 2. The molecule has 1 fully saturated rings. The molecule has 1 atom stereocenters. The van der Waals surface area contributed by atoms with Crippen molar-refractivity contribution < 1.29 is 19.4 Å². The van der Waals surface area contributed by atoms with Gasteiger partial charge in [0.05, 0.1) is 11.6 Å². The first-order valence-electron chi connectivity index (χ1n) is 12.0. The summed E-state index contributed by atoms with van der Waals surface area (Å²) in [5.74, 6) is -0.801. The highest BCUT2D eigenvalue weighted by molar-refractivity contribution is 6.46. The maximum absolute atomic E-state index is 13.1. The van der Waals surface area contributed by atoms with E-state index in [1.165, 1.54) is 5.56 Å². The third-order valence-electron chi connectivity index (χ3n) is 6.34. The zero-order valence-electron chi connectivity index (χ0n) is 21.2. The van der Waals surface area contributed by atoms with Crippen LogP contribution in [0.15, 0.2) is 78.4 Å². The highest BCUT2D eigenvalue weighted by atomic mass is 16.5. The average molecular weight is 485 g/mol. The lowest BCUT2D eigenvalue weighted by Gasteiger charge is -2.26. The van der Waals surface area contributed by atoms with Crippen molar-refractivity contribution in [2.75, 3.05) is 27.2 Å². The Morgan fingerprint density at radius 1 is 0.944 bits per heavy atom. The smallest absolute Gasteiger partial charge is 0.295 e. The standard InChI is InChI=1S/C30H32N2O4/c1-20-8-10-23(11-9-20)27-26(29(34)30(35)32(27)17-16-31(3)4)28(33)24-12-14-25(15-13-24)36-19-22-7-5-6-21(2)18-22/h5-15,18,27,33H,16-17,19H2,1-4H3/b28-26+/t27-/m1/s1. The fourth-order valence-electron chi connectivity index (χ4n) is 4.35. The quantitative estimate of drug-likeness (QED) is 0.281. The van der Waals surface area contributed by atoms with E-state index in [1.54, 1.807) is 29.2 Å². The Morgan fingerprint density at radius 2 is 1.64 bits per heavy atom. The van der Waals surface area contributed by atoms with Gasteiger partial charge in [-0.05, 0) is 63.3 Å². The molecule has 3 aromatic rings. The van der Waals surface area contributed by atoms with Gasteiger partial charge in [0.15, 0.2) is 0 Å². The molecule has 0 spiro atoms. The van der Waals surface area contributed by atoms with E-state index in [1.807, 2.05) is 75.3 Å². The summed E-state index contributed by atoms with van der Waals surface area (Å²) < 4.78 is 5.89. The highest BCUT2D eigenvalue weighted by Gasteiger charge is 2.45. The predicted molar refractivity (Wildman–Crippen MR) is 141 cm³/mol. The second kappa shape index (κ2) is 10.8. The van der Waals surface area contributed by atoms with Gasteiger partial charge >= 0.3 is 0 Å². The molecule has 6 heteroatoms. The van der Waals surface area contributed by atoms with Crippen molar-refractivity contribution in [1.82, 2.24) is 9.80 Å². The summed E-state index contributed by atoms with van der Waals surface area (Å²) in [6.07, 6.45) is 0. The van der Waals surface area contributed by atoms with Gasteiger partial charge in [0.1, 0.15) is 18.1 Å². The number of carbonyl (C=O) groups is 2. The molecule has 1 aliphatic rings. The number of amides is 1. The van der Waals surface area contributed by atoms with Gasteiger partial charge in [-0.25, -0.2) is 0 Å². The third kappa shape index (κ3) is 5.50. The Kier molecular flexibility index (Phi) is 7.55. The predicted octanol–water partition coefficient (Wildman–Crippen LogP) is 4.87. The number of nitrogens with zero attached hydrogens (tertiary/aromatic N) is 2. The molecule has 0 unspecified atom stereocenters. The van der Waals surface area contributed by atoms with Crippen LogP contribution >= 0.6 is 0 Å². The average Bonchev–Trinajstić information content (AvgIpc) is 3.11. The van der Waals surface area contributed by atoms with E-state index in [-0.39, 0.29) is 11.3 Å². The molecule has 0 radical (unpaired) electrons. The molecule has 3 aromatic carbocycles. The number of ether oxygens (including phenoxy) is 1. The molecular weight excluding hydrogens is 452 g/mol. The van der Waals surface area contributed by atoms with Crippen molar-refractivity contribution >= 4 is 17.4 Å². The number of likely N-dealkylation sites (tertiary alicyclic amines) is 1. The number of rotatable bonds is 8. The molecule has 1 amide bonds. The van der Waals surface area contributed by atoms with Crippen LogP contribution in [0.3, 0.4) is 0 Å². The van der Waals surface area contributed by atoms with Crippen molar-refractivity contribution in [3.05, 3.63) is 106 Å². The number of Topliss-reactive ketones (excluding diaryl/α,β-unsaturated/α-hetero) is 1. The minimum Gasteiger partial charge on any atom is -0.507 e. The van der Waals surface area contributed by atoms with Gasteiger partial charge in [-0.2, -0.15) is 0 Å². The highest BCUT2D eigenvalue weighted by Crippen LogP contribution is 2.39. The molecule has 0 saturated carbocycles. The Bertz CT molecular complexity index is 1280. The van der Waals surface area contributed by atoms with Crippen molar-refractivity contribution in [1.29, 1.82) is 0 Å². The molecule has 1 aliphatic heterocycles. The van der Waals surface area contributed by atoms with Crippen molar-refractivity contribution in [2.24, 2.45) is 0 Å². The van der Waals surface area contributed by atoms with Crippen LogP contribution in [0.1, 0.15) is 33.9 Å². The van der Waals surface area contributed by atoms with Crippen LogP contribution in [-0.2, 0) is 16.2 Å². The molecule has 1 N–H and O–H groups in total. The largest absolute Gasteiger partial charge is 0.507 e. The number of benzene rings is 3. The second-order valence-electron chi connectivity index (χ2n) is 9.51. The number of hydrogen-bond donors (Lipinski definition) is 1. The van der Waals surface area contributed by atoms with E-state index in [0.29, 0.717) is 31.0 Å². The van der Waals surface area contributed by atoms with Crippen molar-refractivity contribution in [3.63, 3.8) is 0 Å². The first kappa shape index (κ1) is 25.2. The van der Waals surface area contributed by atoms with Crippen LogP contribution < -0.4 is 4.74 Å². The first-order valence-corrected chi connectivity index (χ1v) is 12.0. The molecule has 6 nitrogen and oxygen atoms in total. The summed E-state index contributed by atoms with van der Waals surface area (Å²) in [6, 6.07) is 22.1. The Hall–Kier alpha value is -3.90. The monoisotopic (exact) mass is 484 g/mol. The number of aliphatic hydroxyl groups excluding tert-OH is 1. The molecule has 186 valence electrons. The van der Waals surface area contributed by atoms with Gasteiger partial charge < -0.3 is 19.6 Å². The summed E-state index contributed by atoms with van der Waals surface area (Å²) >= 11 is 0. The van der Waals surface area contributed by atoms with Crippen LogP contribution in [0, 0.1) is 13.8 Å². The fourth-order valence-corrected chi connectivity index (χ4v) is 4.35. The summed E-state index contributed by atoms with van der Waals surface area (Å²) in [6.45, 7) is 5.42. The third-order valence-corrected chi connectivity index (χ3v) is 6.34. The fraction of sp³-hybridized carbons (Fsp3) is 0.267. The number of carbonyl (C=O) groups excluding carboxylic acids is 2. The van der Waals surface area contributed by atoms with Crippen LogP contribution in [0.5, 0.6) is 5.75 Å². The number of aliphatic hydroxyl groups is 1. The summed E-state index contributed by atoms with van der Waals surface area (Å²) in [5.41, 5.74) is 4.67. The van der Waals surface area contributed by atoms with Crippen molar-refractivity contribution in [3.8, 4) is 5.75 Å². The number of likely N-dealkylation sites (N-methyl/N-ethyl adjacent to an activating group) is 1. The van der Waals surface area contributed by atoms with Crippen LogP contribution in [0.2, 0.25) is 0 Å². The lowest BCUT2D eigenvalue weighted by molar-refractivity contribution is -0.140. The van der Waals surface area contributed by atoms with E-state index in [4.69, 9.17) is 4.74 Å². The molecule has 1 heterocycles. The Morgan fingerprint density at radius 3 is 2.28 bits per heavy atom. The molecule has 4 rings (SSSR count).